The first-order chi connectivity index (χ1) is 5.74. The Morgan fingerprint density at radius 1 is 1.58 bits per heavy atom. The lowest BCUT2D eigenvalue weighted by atomic mass is 10.1. The molecule has 12 heavy (non-hydrogen) atoms. The fourth-order valence-electron chi connectivity index (χ4n) is 1.42. The number of carbonyl (C=O) groups excluding carboxylic acids is 2. The van der Waals surface area contributed by atoms with Crippen molar-refractivity contribution in [1.82, 2.24) is 4.90 Å². The van der Waals surface area contributed by atoms with Gasteiger partial charge in [-0.25, -0.2) is 0 Å². The normalized spacial score (nSPS) is 18.1. The SMILES string of the molecule is CCCC(=O)N1CCCC(=O)C1. The lowest BCUT2D eigenvalue weighted by Gasteiger charge is -2.25. The number of amides is 1. The third-order valence-electron chi connectivity index (χ3n) is 2.07. The largest absolute Gasteiger partial charge is 0.335 e. The molecule has 1 fully saturated rings. The van der Waals surface area contributed by atoms with E-state index in [0.717, 1.165) is 19.4 Å². The van der Waals surface area contributed by atoms with Crippen molar-refractivity contribution >= 4 is 11.7 Å². The summed E-state index contributed by atoms with van der Waals surface area (Å²) in [7, 11) is 0. The van der Waals surface area contributed by atoms with Crippen molar-refractivity contribution in [3.8, 4) is 0 Å². The van der Waals surface area contributed by atoms with Crippen LogP contribution in [0, 0.1) is 0 Å². The Kier molecular flexibility index (Phi) is 3.26. The van der Waals surface area contributed by atoms with Crippen LogP contribution >= 0.6 is 0 Å². The van der Waals surface area contributed by atoms with Crippen LogP contribution in [0.1, 0.15) is 32.6 Å². The van der Waals surface area contributed by atoms with E-state index in [1.807, 2.05) is 6.92 Å². The monoisotopic (exact) mass is 169 g/mol. The van der Waals surface area contributed by atoms with Crippen molar-refractivity contribution in [3.05, 3.63) is 0 Å². The van der Waals surface area contributed by atoms with E-state index in [9.17, 15) is 9.59 Å². The second kappa shape index (κ2) is 4.24. The van der Waals surface area contributed by atoms with E-state index in [0.29, 0.717) is 19.4 Å². The first-order valence-electron chi connectivity index (χ1n) is 4.53. The van der Waals surface area contributed by atoms with Gasteiger partial charge in [0.15, 0.2) is 5.78 Å². The quantitative estimate of drug-likeness (QED) is 0.618. The summed E-state index contributed by atoms with van der Waals surface area (Å²) in [6, 6.07) is 0. The molecule has 68 valence electrons. The number of ketones is 1. The minimum absolute atomic E-state index is 0.130. The van der Waals surface area contributed by atoms with Crippen LogP contribution in [-0.2, 0) is 9.59 Å². The number of hydrogen-bond donors (Lipinski definition) is 0. The average Bonchev–Trinajstić information content (AvgIpc) is 2.05. The Morgan fingerprint density at radius 3 is 2.92 bits per heavy atom. The highest BCUT2D eigenvalue weighted by Gasteiger charge is 2.20. The predicted molar refractivity (Wildman–Crippen MR) is 45.7 cm³/mol. The van der Waals surface area contributed by atoms with Gasteiger partial charge in [-0.2, -0.15) is 0 Å². The third kappa shape index (κ3) is 2.32. The molecule has 0 aliphatic carbocycles. The van der Waals surface area contributed by atoms with E-state index < -0.39 is 0 Å². The summed E-state index contributed by atoms with van der Waals surface area (Å²) in [6.45, 7) is 3.09. The Hall–Kier alpha value is -0.860. The van der Waals surface area contributed by atoms with Gasteiger partial charge in [-0.15, -0.1) is 0 Å². The fourth-order valence-corrected chi connectivity index (χ4v) is 1.42. The van der Waals surface area contributed by atoms with Gasteiger partial charge in [-0.05, 0) is 12.8 Å². The van der Waals surface area contributed by atoms with Gasteiger partial charge >= 0.3 is 0 Å². The predicted octanol–water partition coefficient (Wildman–Crippen LogP) is 0.978. The number of likely N-dealkylation sites (tertiary alicyclic amines) is 1. The Labute approximate surface area is 72.7 Å². The van der Waals surface area contributed by atoms with Crippen LogP contribution in [0.5, 0.6) is 0 Å². The van der Waals surface area contributed by atoms with Gasteiger partial charge < -0.3 is 4.90 Å². The summed E-state index contributed by atoms with van der Waals surface area (Å²) in [5.41, 5.74) is 0. The van der Waals surface area contributed by atoms with Crippen LogP contribution in [0.25, 0.3) is 0 Å². The zero-order valence-electron chi connectivity index (χ0n) is 7.51. The molecule has 0 bridgehead atoms. The summed E-state index contributed by atoms with van der Waals surface area (Å²) >= 11 is 0. The van der Waals surface area contributed by atoms with Gasteiger partial charge in [-0.3, -0.25) is 9.59 Å². The highest BCUT2D eigenvalue weighted by atomic mass is 16.2. The summed E-state index contributed by atoms with van der Waals surface area (Å²) in [6.07, 6.45) is 2.93. The second-order valence-electron chi connectivity index (χ2n) is 3.21. The van der Waals surface area contributed by atoms with Crippen LogP contribution in [0.15, 0.2) is 0 Å². The van der Waals surface area contributed by atoms with Crippen LogP contribution in [0.4, 0.5) is 0 Å². The van der Waals surface area contributed by atoms with E-state index in [2.05, 4.69) is 0 Å². The maximum atomic E-state index is 11.3. The van der Waals surface area contributed by atoms with Gasteiger partial charge in [0.05, 0.1) is 6.54 Å². The molecule has 0 N–H and O–H groups in total. The van der Waals surface area contributed by atoms with Crippen molar-refractivity contribution in [1.29, 1.82) is 0 Å². The van der Waals surface area contributed by atoms with Crippen molar-refractivity contribution < 1.29 is 9.59 Å². The fraction of sp³-hybridized carbons (Fsp3) is 0.778. The highest BCUT2D eigenvalue weighted by Crippen LogP contribution is 2.07. The van der Waals surface area contributed by atoms with E-state index in [1.165, 1.54) is 0 Å². The Balaban J connectivity index is 2.40. The second-order valence-corrected chi connectivity index (χ2v) is 3.21. The minimum Gasteiger partial charge on any atom is -0.335 e. The van der Waals surface area contributed by atoms with Crippen molar-refractivity contribution in [2.75, 3.05) is 13.1 Å². The molecule has 0 radical (unpaired) electrons. The third-order valence-corrected chi connectivity index (χ3v) is 2.07. The van der Waals surface area contributed by atoms with Crippen molar-refractivity contribution in [2.45, 2.75) is 32.6 Å². The molecule has 3 nitrogen and oxygen atoms in total. The maximum absolute atomic E-state index is 11.3. The van der Waals surface area contributed by atoms with Crippen LogP contribution in [0.3, 0.4) is 0 Å². The van der Waals surface area contributed by atoms with Crippen LogP contribution in [0.2, 0.25) is 0 Å². The molecule has 1 aliphatic heterocycles. The molecule has 0 aromatic rings. The van der Waals surface area contributed by atoms with Gasteiger partial charge in [0.1, 0.15) is 0 Å². The molecule has 1 rings (SSSR count). The van der Waals surface area contributed by atoms with E-state index >= 15 is 0 Å². The summed E-state index contributed by atoms with van der Waals surface area (Å²) in [5, 5.41) is 0. The molecule has 0 aromatic heterocycles. The minimum atomic E-state index is 0.130. The van der Waals surface area contributed by atoms with Gasteiger partial charge in [0, 0.05) is 19.4 Å². The molecule has 0 saturated carbocycles. The first-order valence-corrected chi connectivity index (χ1v) is 4.53. The van der Waals surface area contributed by atoms with Gasteiger partial charge in [0.25, 0.3) is 0 Å². The molecular formula is C9H15NO2. The zero-order valence-corrected chi connectivity index (χ0v) is 7.51. The molecule has 1 heterocycles. The van der Waals surface area contributed by atoms with E-state index in [4.69, 9.17) is 0 Å². The smallest absolute Gasteiger partial charge is 0.222 e. The van der Waals surface area contributed by atoms with E-state index in [-0.39, 0.29) is 11.7 Å². The lowest BCUT2D eigenvalue weighted by Crippen LogP contribution is -2.39. The molecule has 0 spiro atoms. The first kappa shape index (κ1) is 9.23. The summed E-state index contributed by atoms with van der Waals surface area (Å²) in [5.74, 6) is 0.330. The topological polar surface area (TPSA) is 37.4 Å². The number of carbonyl (C=O) groups is 2. The standard InChI is InChI=1S/C9H15NO2/c1-2-4-9(12)10-6-3-5-8(11)7-10/h2-7H2,1H3. The highest BCUT2D eigenvalue weighted by molar-refractivity contribution is 5.87. The maximum Gasteiger partial charge on any atom is 0.222 e. The van der Waals surface area contributed by atoms with Crippen LogP contribution < -0.4 is 0 Å². The van der Waals surface area contributed by atoms with Crippen molar-refractivity contribution in [2.24, 2.45) is 0 Å². The number of hydrogen-bond acceptors (Lipinski definition) is 2. The van der Waals surface area contributed by atoms with Gasteiger partial charge in [0.2, 0.25) is 5.91 Å². The number of piperidine rings is 1. The number of Topliss-reactive ketones (excluding diaryl/α,β-unsaturated/α-hetero) is 1. The summed E-state index contributed by atoms with van der Waals surface area (Å²) < 4.78 is 0. The van der Waals surface area contributed by atoms with E-state index in [1.54, 1.807) is 4.90 Å². The van der Waals surface area contributed by atoms with Crippen LogP contribution in [-0.4, -0.2) is 29.7 Å². The molecule has 1 aliphatic rings. The Bertz CT molecular complexity index is 189. The molecule has 0 atom stereocenters. The van der Waals surface area contributed by atoms with Crippen molar-refractivity contribution in [3.63, 3.8) is 0 Å². The number of nitrogens with zero attached hydrogens (tertiary/aromatic N) is 1. The molecule has 0 unspecified atom stereocenters. The zero-order chi connectivity index (χ0) is 8.97. The molecule has 0 aromatic carbocycles. The average molecular weight is 169 g/mol. The molecule has 1 saturated heterocycles. The Morgan fingerprint density at radius 2 is 2.33 bits per heavy atom. The number of rotatable bonds is 2. The summed E-state index contributed by atoms with van der Waals surface area (Å²) in [4.78, 5) is 24.0. The molecular weight excluding hydrogens is 154 g/mol. The molecule has 3 heteroatoms. The lowest BCUT2D eigenvalue weighted by molar-refractivity contribution is -0.137. The molecule has 1 amide bonds. The van der Waals surface area contributed by atoms with Gasteiger partial charge in [-0.1, -0.05) is 6.92 Å².